The summed E-state index contributed by atoms with van der Waals surface area (Å²) in [5.74, 6) is -1.08. The molecule has 2 aromatic rings. The Labute approximate surface area is 108 Å². The van der Waals surface area contributed by atoms with Crippen LogP contribution in [0.15, 0.2) is 18.3 Å². The molecule has 18 heavy (non-hydrogen) atoms. The Morgan fingerprint density at radius 3 is 2.78 bits per heavy atom. The smallest absolute Gasteiger partial charge is 0.134 e. The lowest BCUT2D eigenvalue weighted by Crippen LogP contribution is -2.23. The molecular weight excluding hydrogens is 256 g/mol. The van der Waals surface area contributed by atoms with Crippen molar-refractivity contribution in [3.63, 3.8) is 0 Å². The molecule has 0 fully saturated rings. The molecule has 0 bridgehead atoms. The lowest BCUT2D eigenvalue weighted by atomic mass is 10.0. The van der Waals surface area contributed by atoms with Crippen molar-refractivity contribution in [3.8, 4) is 0 Å². The Hall–Kier alpha value is -1.40. The second-order valence-corrected chi connectivity index (χ2v) is 4.72. The Morgan fingerprint density at radius 1 is 1.39 bits per heavy atom. The number of aromatic nitrogens is 2. The molecule has 1 aromatic heterocycles. The Morgan fingerprint density at radius 2 is 2.17 bits per heavy atom. The van der Waals surface area contributed by atoms with Gasteiger partial charge in [-0.1, -0.05) is 17.5 Å². The third kappa shape index (κ3) is 2.39. The molecular formula is C12H13F2N3S. The van der Waals surface area contributed by atoms with Crippen LogP contribution in [0.3, 0.4) is 0 Å². The zero-order chi connectivity index (χ0) is 13.1. The molecule has 6 heteroatoms. The SMILES string of the molecule is CCNC(c1cnns1)c1c(F)ccc(C)c1F. The van der Waals surface area contributed by atoms with Crippen LogP contribution < -0.4 is 5.32 Å². The fraction of sp³-hybridized carbons (Fsp3) is 0.333. The number of aryl methyl sites for hydroxylation is 1. The van der Waals surface area contributed by atoms with Gasteiger partial charge < -0.3 is 5.32 Å². The van der Waals surface area contributed by atoms with Crippen molar-refractivity contribution in [2.45, 2.75) is 19.9 Å². The Balaban J connectivity index is 2.52. The first-order valence-electron chi connectivity index (χ1n) is 5.60. The molecule has 1 atom stereocenters. The summed E-state index contributed by atoms with van der Waals surface area (Å²) in [6, 6.07) is 2.17. The van der Waals surface area contributed by atoms with Crippen LogP contribution in [0.5, 0.6) is 0 Å². The summed E-state index contributed by atoms with van der Waals surface area (Å²) in [7, 11) is 0. The number of halogens is 2. The van der Waals surface area contributed by atoms with Crippen molar-refractivity contribution in [1.82, 2.24) is 14.9 Å². The van der Waals surface area contributed by atoms with Crippen LogP contribution in [-0.2, 0) is 0 Å². The molecule has 0 aliphatic carbocycles. The van der Waals surface area contributed by atoms with Gasteiger partial charge in [-0.2, -0.15) is 0 Å². The largest absolute Gasteiger partial charge is 0.306 e. The first-order chi connectivity index (χ1) is 8.65. The molecule has 1 unspecified atom stereocenters. The van der Waals surface area contributed by atoms with Crippen LogP contribution in [0, 0.1) is 18.6 Å². The van der Waals surface area contributed by atoms with Gasteiger partial charge in [-0.05, 0) is 36.6 Å². The quantitative estimate of drug-likeness (QED) is 0.927. The normalized spacial score (nSPS) is 12.7. The number of hydrogen-bond acceptors (Lipinski definition) is 4. The van der Waals surface area contributed by atoms with Gasteiger partial charge >= 0.3 is 0 Å². The average molecular weight is 269 g/mol. The minimum atomic E-state index is -0.558. The van der Waals surface area contributed by atoms with Gasteiger partial charge in [0.15, 0.2) is 0 Å². The van der Waals surface area contributed by atoms with Crippen molar-refractivity contribution >= 4 is 11.5 Å². The summed E-state index contributed by atoms with van der Waals surface area (Å²) in [5, 5.41) is 6.78. The minimum Gasteiger partial charge on any atom is -0.306 e. The molecule has 0 aliphatic heterocycles. The standard InChI is InChI=1S/C12H13F2N3S/c1-3-15-12(9-6-16-17-18-9)10-8(13)5-4-7(2)11(10)14/h4-6,12,15H,3H2,1-2H3. The number of rotatable bonds is 4. The number of hydrogen-bond donors (Lipinski definition) is 1. The predicted molar refractivity (Wildman–Crippen MR) is 66.5 cm³/mol. The summed E-state index contributed by atoms with van der Waals surface area (Å²) < 4.78 is 31.7. The predicted octanol–water partition coefficient (Wildman–Crippen LogP) is 2.82. The maximum Gasteiger partial charge on any atom is 0.134 e. The zero-order valence-corrected chi connectivity index (χ0v) is 10.9. The highest BCUT2D eigenvalue weighted by atomic mass is 32.1. The summed E-state index contributed by atoms with van der Waals surface area (Å²) in [4.78, 5) is 0.695. The third-order valence-corrected chi connectivity index (χ3v) is 3.41. The van der Waals surface area contributed by atoms with E-state index in [1.54, 1.807) is 6.92 Å². The lowest BCUT2D eigenvalue weighted by molar-refractivity contribution is 0.509. The molecule has 0 spiro atoms. The van der Waals surface area contributed by atoms with E-state index in [0.717, 1.165) is 11.5 Å². The summed E-state index contributed by atoms with van der Waals surface area (Å²) in [6.45, 7) is 4.09. The number of benzene rings is 1. The van der Waals surface area contributed by atoms with E-state index in [-0.39, 0.29) is 5.56 Å². The maximum absolute atomic E-state index is 14.1. The molecule has 2 rings (SSSR count). The average Bonchev–Trinajstić information content (AvgIpc) is 2.87. The highest BCUT2D eigenvalue weighted by molar-refractivity contribution is 7.05. The van der Waals surface area contributed by atoms with Gasteiger partial charge in [0.25, 0.3) is 0 Å². The van der Waals surface area contributed by atoms with Crippen molar-refractivity contribution in [3.05, 3.63) is 46.0 Å². The van der Waals surface area contributed by atoms with Crippen molar-refractivity contribution < 1.29 is 8.78 Å². The molecule has 1 heterocycles. The summed E-state index contributed by atoms with van der Waals surface area (Å²) in [5.41, 5.74) is 0.453. The Kier molecular flexibility index (Phi) is 3.98. The van der Waals surface area contributed by atoms with E-state index in [4.69, 9.17) is 0 Å². The molecule has 96 valence electrons. The second-order valence-electron chi connectivity index (χ2n) is 3.90. The van der Waals surface area contributed by atoms with E-state index >= 15 is 0 Å². The van der Waals surface area contributed by atoms with Crippen molar-refractivity contribution in [2.24, 2.45) is 0 Å². The van der Waals surface area contributed by atoms with Crippen LogP contribution >= 0.6 is 11.5 Å². The maximum atomic E-state index is 14.1. The molecule has 1 N–H and O–H groups in total. The number of nitrogens with zero attached hydrogens (tertiary/aromatic N) is 2. The van der Waals surface area contributed by atoms with Crippen LogP contribution in [-0.4, -0.2) is 16.1 Å². The molecule has 0 saturated carbocycles. The molecule has 3 nitrogen and oxygen atoms in total. The molecule has 0 amide bonds. The van der Waals surface area contributed by atoms with Gasteiger partial charge in [-0.3, -0.25) is 0 Å². The van der Waals surface area contributed by atoms with E-state index in [1.807, 2.05) is 6.92 Å². The molecule has 0 radical (unpaired) electrons. The first kappa shape index (κ1) is 13.0. The second kappa shape index (κ2) is 5.49. The van der Waals surface area contributed by atoms with Crippen LogP contribution in [0.2, 0.25) is 0 Å². The monoisotopic (exact) mass is 269 g/mol. The van der Waals surface area contributed by atoms with Gasteiger partial charge in [0, 0.05) is 5.56 Å². The lowest BCUT2D eigenvalue weighted by Gasteiger charge is -2.18. The van der Waals surface area contributed by atoms with Crippen LogP contribution in [0.1, 0.15) is 29.0 Å². The highest BCUT2D eigenvalue weighted by Crippen LogP contribution is 2.29. The van der Waals surface area contributed by atoms with Gasteiger partial charge in [-0.15, -0.1) is 5.10 Å². The Bertz CT molecular complexity index is 528. The van der Waals surface area contributed by atoms with E-state index in [1.165, 1.54) is 18.3 Å². The van der Waals surface area contributed by atoms with Crippen molar-refractivity contribution in [2.75, 3.05) is 6.54 Å². The molecule has 0 aliphatic rings. The van der Waals surface area contributed by atoms with Gasteiger partial charge in [0.05, 0.1) is 17.1 Å². The van der Waals surface area contributed by atoms with E-state index in [2.05, 4.69) is 14.9 Å². The van der Waals surface area contributed by atoms with Gasteiger partial charge in [0.1, 0.15) is 11.6 Å². The van der Waals surface area contributed by atoms with E-state index in [9.17, 15) is 8.78 Å². The third-order valence-electron chi connectivity index (χ3n) is 2.68. The first-order valence-corrected chi connectivity index (χ1v) is 6.37. The highest BCUT2D eigenvalue weighted by Gasteiger charge is 2.24. The van der Waals surface area contributed by atoms with E-state index < -0.39 is 17.7 Å². The van der Waals surface area contributed by atoms with Crippen LogP contribution in [0.25, 0.3) is 0 Å². The molecule has 1 aromatic carbocycles. The van der Waals surface area contributed by atoms with E-state index in [0.29, 0.717) is 17.0 Å². The van der Waals surface area contributed by atoms with Crippen molar-refractivity contribution in [1.29, 1.82) is 0 Å². The molecule has 0 saturated heterocycles. The van der Waals surface area contributed by atoms with Gasteiger partial charge in [-0.25, -0.2) is 8.78 Å². The zero-order valence-electron chi connectivity index (χ0n) is 10.1. The minimum absolute atomic E-state index is 0.0305. The fourth-order valence-corrected chi connectivity index (χ4v) is 2.38. The topological polar surface area (TPSA) is 37.8 Å². The van der Waals surface area contributed by atoms with Gasteiger partial charge in [0.2, 0.25) is 0 Å². The summed E-state index contributed by atoms with van der Waals surface area (Å²) in [6.07, 6.45) is 1.53. The number of nitrogens with one attached hydrogen (secondary N) is 1. The summed E-state index contributed by atoms with van der Waals surface area (Å²) >= 11 is 1.13. The fourth-order valence-electron chi connectivity index (χ4n) is 1.79. The van der Waals surface area contributed by atoms with Crippen LogP contribution in [0.4, 0.5) is 8.78 Å².